The second-order valence-corrected chi connectivity index (χ2v) is 7.44. The Bertz CT molecular complexity index is 469. The van der Waals surface area contributed by atoms with Crippen LogP contribution in [-0.4, -0.2) is 18.7 Å². The van der Waals surface area contributed by atoms with E-state index in [2.05, 4.69) is 50.4 Å². The molecular weight excluding hydrogens is 246 g/mol. The minimum Gasteiger partial charge on any atom is -0.493 e. The van der Waals surface area contributed by atoms with Gasteiger partial charge in [-0.15, -0.1) is 0 Å². The van der Waals surface area contributed by atoms with Crippen LogP contribution in [-0.2, 0) is 0 Å². The van der Waals surface area contributed by atoms with Gasteiger partial charge in [0.15, 0.2) is 0 Å². The molecule has 1 fully saturated rings. The van der Waals surface area contributed by atoms with Crippen LogP contribution in [0.15, 0.2) is 24.3 Å². The maximum Gasteiger partial charge on any atom is 0.122 e. The zero-order valence-corrected chi connectivity index (χ0v) is 13.0. The lowest BCUT2D eigenvalue weighted by atomic mass is 9.66. The van der Waals surface area contributed by atoms with Crippen molar-refractivity contribution in [3.63, 3.8) is 0 Å². The van der Waals surface area contributed by atoms with E-state index in [1.165, 1.54) is 31.4 Å². The molecule has 1 saturated heterocycles. The molecule has 0 amide bonds. The van der Waals surface area contributed by atoms with Crippen LogP contribution in [0.5, 0.6) is 5.75 Å². The quantitative estimate of drug-likeness (QED) is 0.875. The maximum absolute atomic E-state index is 5.82. The van der Waals surface area contributed by atoms with Crippen LogP contribution >= 0.6 is 0 Å². The highest BCUT2D eigenvalue weighted by atomic mass is 16.5. The van der Waals surface area contributed by atoms with Gasteiger partial charge in [-0.2, -0.15) is 0 Å². The number of hydrogen-bond donors (Lipinski definition) is 1. The number of rotatable bonds is 2. The second-order valence-electron chi connectivity index (χ2n) is 7.44. The monoisotopic (exact) mass is 273 g/mol. The fraction of sp³-hybridized carbons (Fsp3) is 0.667. The van der Waals surface area contributed by atoms with Gasteiger partial charge in [-0.25, -0.2) is 0 Å². The number of nitrogens with one attached hydrogen (secondary N) is 1. The Morgan fingerprint density at radius 1 is 1.30 bits per heavy atom. The van der Waals surface area contributed by atoms with Crippen molar-refractivity contribution in [2.75, 3.05) is 13.2 Å². The van der Waals surface area contributed by atoms with Crippen LogP contribution in [0.4, 0.5) is 0 Å². The molecule has 20 heavy (non-hydrogen) atoms. The van der Waals surface area contributed by atoms with E-state index >= 15 is 0 Å². The van der Waals surface area contributed by atoms with Crippen LogP contribution in [0.2, 0.25) is 0 Å². The molecule has 0 aromatic heterocycles. The van der Waals surface area contributed by atoms with Gasteiger partial charge in [-0.05, 0) is 55.2 Å². The Morgan fingerprint density at radius 3 is 2.80 bits per heavy atom. The minimum atomic E-state index is 0.280. The number of para-hydroxylation sites is 1. The van der Waals surface area contributed by atoms with Crippen molar-refractivity contribution >= 4 is 0 Å². The zero-order valence-electron chi connectivity index (χ0n) is 13.0. The molecule has 2 heteroatoms. The number of ether oxygens (including phenoxy) is 1. The minimum absolute atomic E-state index is 0.280. The Labute approximate surface area is 122 Å². The molecule has 2 heterocycles. The Kier molecular flexibility index (Phi) is 3.53. The predicted molar refractivity (Wildman–Crippen MR) is 83.3 cm³/mol. The van der Waals surface area contributed by atoms with E-state index in [1.54, 1.807) is 0 Å². The zero-order chi connectivity index (χ0) is 14.2. The van der Waals surface area contributed by atoms with Crippen molar-refractivity contribution in [1.82, 2.24) is 5.32 Å². The highest BCUT2D eigenvalue weighted by Crippen LogP contribution is 2.47. The van der Waals surface area contributed by atoms with Gasteiger partial charge in [0.25, 0.3) is 0 Å². The predicted octanol–water partition coefficient (Wildman–Crippen LogP) is 4.11. The molecule has 0 bridgehead atoms. The van der Waals surface area contributed by atoms with Crippen molar-refractivity contribution in [3.8, 4) is 5.75 Å². The van der Waals surface area contributed by atoms with E-state index < -0.39 is 0 Å². The van der Waals surface area contributed by atoms with Gasteiger partial charge in [0.2, 0.25) is 0 Å². The normalized spacial score (nSPS) is 29.9. The van der Waals surface area contributed by atoms with Gasteiger partial charge in [-0.1, -0.05) is 39.0 Å². The van der Waals surface area contributed by atoms with Crippen LogP contribution in [0.1, 0.15) is 57.9 Å². The first-order valence-corrected chi connectivity index (χ1v) is 7.99. The average molecular weight is 273 g/mol. The highest BCUT2D eigenvalue weighted by Gasteiger charge is 2.45. The Hall–Kier alpha value is -1.02. The molecule has 0 radical (unpaired) electrons. The van der Waals surface area contributed by atoms with Crippen LogP contribution in [0.3, 0.4) is 0 Å². The molecule has 0 spiro atoms. The summed E-state index contributed by atoms with van der Waals surface area (Å²) in [5.41, 5.74) is 2.00. The van der Waals surface area contributed by atoms with E-state index in [-0.39, 0.29) is 5.54 Å². The van der Waals surface area contributed by atoms with E-state index in [4.69, 9.17) is 4.74 Å². The molecule has 2 nitrogen and oxygen atoms in total. The molecular formula is C18H27NO. The van der Waals surface area contributed by atoms with Crippen LogP contribution < -0.4 is 10.1 Å². The number of benzene rings is 1. The third-order valence-corrected chi connectivity index (χ3v) is 5.36. The van der Waals surface area contributed by atoms with Gasteiger partial charge >= 0.3 is 0 Å². The number of hydrogen-bond acceptors (Lipinski definition) is 2. The summed E-state index contributed by atoms with van der Waals surface area (Å²) < 4.78 is 5.82. The van der Waals surface area contributed by atoms with Crippen molar-refractivity contribution in [2.24, 2.45) is 5.41 Å². The van der Waals surface area contributed by atoms with E-state index in [1.807, 2.05) is 0 Å². The van der Waals surface area contributed by atoms with Crippen molar-refractivity contribution in [1.29, 1.82) is 0 Å². The van der Waals surface area contributed by atoms with Crippen molar-refractivity contribution < 1.29 is 4.74 Å². The third-order valence-electron chi connectivity index (χ3n) is 5.36. The SMILES string of the molecule is CC(C)(C)C1(CC2CCOc3ccccc32)CCCN1. The first-order valence-electron chi connectivity index (χ1n) is 7.99. The molecule has 1 aromatic rings. The van der Waals surface area contributed by atoms with E-state index in [0.29, 0.717) is 11.3 Å². The Morgan fingerprint density at radius 2 is 2.10 bits per heavy atom. The lowest BCUT2D eigenvalue weighted by molar-refractivity contribution is 0.126. The van der Waals surface area contributed by atoms with Gasteiger partial charge in [0, 0.05) is 5.54 Å². The summed E-state index contributed by atoms with van der Waals surface area (Å²) in [6.45, 7) is 9.19. The van der Waals surface area contributed by atoms with E-state index in [9.17, 15) is 0 Å². The molecule has 0 saturated carbocycles. The van der Waals surface area contributed by atoms with Gasteiger partial charge < -0.3 is 10.1 Å². The topological polar surface area (TPSA) is 21.3 Å². The summed E-state index contributed by atoms with van der Waals surface area (Å²) in [5.74, 6) is 1.73. The molecule has 2 atom stereocenters. The fourth-order valence-corrected chi connectivity index (χ4v) is 3.98. The first-order chi connectivity index (χ1) is 9.52. The van der Waals surface area contributed by atoms with Crippen LogP contribution in [0.25, 0.3) is 0 Å². The summed E-state index contributed by atoms with van der Waals surface area (Å²) >= 11 is 0. The molecule has 2 aliphatic rings. The van der Waals surface area contributed by atoms with Crippen molar-refractivity contribution in [2.45, 2.75) is 57.9 Å². The lowest BCUT2D eigenvalue weighted by Gasteiger charge is -2.45. The third kappa shape index (κ3) is 2.35. The van der Waals surface area contributed by atoms with E-state index in [0.717, 1.165) is 18.8 Å². The smallest absolute Gasteiger partial charge is 0.122 e. The van der Waals surface area contributed by atoms with Gasteiger partial charge in [0.05, 0.1) is 6.61 Å². The summed E-state index contributed by atoms with van der Waals surface area (Å²) in [6.07, 6.45) is 4.99. The molecule has 2 unspecified atom stereocenters. The maximum atomic E-state index is 5.82. The first kappa shape index (κ1) is 13.9. The van der Waals surface area contributed by atoms with Crippen molar-refractivity contribution in [3.05, 3.63) is 29.8 Å². The van der Waals surface area contributed by atoms with Crippen LogP contribution in [0, 0.1) is 5.41 Å². The number of fused-ring (bicyclic) bond motifs is 1. The van der Waals surface area contributed by atoms with Gasteiger partial charge in [-0.3, -0.25) is 0 Å². The molecule has 1 N–H and O–H groups in total. The fourth-order valence-electron chi connectivity index (χ4n) is 3.98. The molecule has 3 rings (SSSR count). The standard InChI is InChI=1S/C18H27NO/c1-17(2,3)18(10-6-11-19-18)13-14-9-12-20-16-8-5-4-7-15(14)16/h4-5,7-8,14,19H,6,9-13H2,1-3H3. The summed E-state index contributed by atoms with van der Waals surface area (Å²) in [6, 6.07) is 8.60. The molecule has 1 aromatic carbocycles. The molecule has 110 valence electrons. The summed E-state index contributed by atoms with van der Waals surface area (Å²) in [5, 5.41) is 3.85. The largest absolute Gasteiger partial charge is 0.493 e. The molecule has 2 aliphatic heterocycles. The summed E-state index contributed by atoms with van der Waals surface area (Å²) in [7, 11) is 0. The average Bonchev–Trinajstić information content (AvgIpc) is 2.89. The lowest BCUT2D eigenvalue weighted by Crippen LogP contribution is -2.52. The summed E-state index contributed by atoms with van der Waals surface area (Å²) in [4.78, 5) is 0. The Balaban J connectivity index is 1.88. The molecule has 0 aliphatic carbocycles. The van der Waals surface area contributed by atoms with Gasteiger partial charge in [0.1, 0.15) is 5.75 Å². The highest BCUT2D eigenvalue weighted by molar-refractivity contribution is 5.38. The second kappa shape index (κ2) is 5.07.